The molecule has 1 aromatic heterocycles. The Morgan fingerprint density at radius 2 is 1.77 bits per heavy atom. The molecule has 0 amide bonds. The zero-order chi connectivity index (χ0) is 17.5. The van der Waals surface area contributed by atoms with Crippen LogP contribution in [0, 0.1) is 0 Å². The van der Waals surface area contributed by atoms with Gasteiger partial charge in [0.1, 0.15) is 5.52 Å². The van der Waals surface area contributed by atoms with Crippen LogP contribution in [0.3, 0.4) is 0 Å². The first-order valence-corrected chi connectivity index (χ1v) is 8.83. The van der Waals surface area contributed by atoms with Crippen molar-refractivity contribution in [3.63, 3.8) is 0 Å². The van der Waals surface area contributed by atoms with Crippen LogP contribution in [-0.2, 0) is 6.42 Å². The van der Waals surface area contributed by atoms with Crippen molar-refractivity contribution in [1.82, 2.24) is 4.98 Å². The van der Waals surface area contributed by atoms with Gasteiger partial charge in [0.15, 0.2) is 5.58 Å². The Hall–Kier alpha value is -3.27. The fourth-order valence-corrected chi connectivity index (χ4v) is 3.55. The monoisotopic (exact) mass is 341 g/mol. The number of rotatable bonds is 3. The number of likely N-dealkylation sites (N-methyl/N-ethyl adjacent to an activating group) is 1. The van der Waals surface area contributed by atoms with Crippen molar-refractivity contribution in [2.75, 3.05) is 23.8 Å². The third-order valence-corrected chi connectivity index (χ3v) is 4.95. The van der Waals surface area contributed by atoms with Gasteiger partial charge in [-0.25, -0.2) is 0 Å². The molecular weight excluding hydrogens is 322 g/mol. The molecule has 1 aliphatic heterocycles. The van der Waals surface area contributed by atoms with E-state index in [9.17, 15) is 0 Å². The largest absolute Gasteiger partial charge is 0.423 e. The van der Waals surface area contributed by atoms with E-state index in [1.165, 1.54) is 16.8 Å². The molecule has 0 unspecified atom stereocenters. The molecule has 0 atom stereocenters. The van der Waals surface area contributed by atoms with Gasteiger partial charge in [-0.3, -0.25) is 0 Å². The van der Waals surface area contributed by atoms with E-state index in [1.807, 2.05) is 36.4 Å². The molecule has 128 valence electrons. The molecule has 0 spiro atoms. The Morgan fingerprint density at radius 3 is 2.65 bits per heavy atom. The van der Waals surface area contributed by atoms with E-state index in [1.54, 1.807) is 0 Å². The third kappa shape index (κ3) is 2.60. The van der Waals surface area contributed by atoms with Gasteiger partial charge in [-0.05, 0) is 59.5 Å². The van der Waals surface area contributed by atoms with Gasteiger partial charge in [0.25, 0.3) is 6.01 Å². The van der Waals surface area contributed by atoms with Crippen LogP contribution in [0.4, 0.5) is 17.4 Å². The lowest BCUT2D eigenvalue weighted by Gasteiger charge is -2.12. The standard InChI is InChI=1S/C22H19N3O/c1-25-12-11-17-13-15(7-9-20(17)25)16-8-10-21-19(14-16)24-22(26-21)23-18-5-3-2-4-6-18/h2-10,13-14H,11-12H2,1H3,(H,23,24). The number of nitrogens with one attached hydrogen (secondary N) is 1. The SMILES string of the molecule is CN1CCc2cc(-c3ccc4oc(Nc5ccccc5)nc4c3)ccc21. The van der Waals surface area contributed by atoms with Gasteiger partial charge < -0.3 is 14.6 Å². The summed E-state index contributed by atoms with van der Waals surface area (Å²) >= 11 is 0. The molecule has 4 heteroatoms. The number of aromatic nitrogens is 1. The van der Waals surface area contributed by atoms with E-state index in [0.717, 1.165) is 35.3 Å². The van der Waals surface area contributed by atoms with Crippen LogP contribution >= 0.6 is 0 Å². The first-order valence-electron chi connectivity index (χ1n) is 8.83. The Kier molecular flexibility index (Phi) is 3.42. The number of anilines is 3. The molecule has 0 saturated heterocycles. The van der Waals surface area contributed by atoms with Crippen molar-refractivity contribution in [3.8, 4) is 11.1 Å². The lowest BCUT2D eigenvalue weighted by Crippen LogP contribution is -2.12. The van der Waals surface area contributed by atoms with Gasteiger partial charge in [0, 0.05) is 25.0 Å². The highest BCUT2D eigenvalue weighted by Gasteiger charge is 2.16. The third-order valence-electron chi connectivity index (χ3n) is 4.95. The van der Waals surface area contributed by atoms with Crippen molar-refractivity contribution in [3.05, 3.63) is 72.3 Å². The minimum absolute atomic E-state index is 0.513. The summed E-state index contributed by atoms with van der Waals surface area (Å²) in [5, 5.41) is 3.21. The minimum Gasteiger partial charge on any atom is -0.423 e. The zero-order valence-corrected chi connectivity index (χ0v) is 14.6. The lowest BCUT2D eigenvalue weighted by molar-refractivity contribution is 0.623. The number of fused-ring (bicyclic) bond motifs is 2. The van der Waals surface area contributed by atoms with Crippen molar-refractivity contribution in [2.24, 2.45) is 0 Å². The first kappa shape index (κ1) is 15.0. The molecule has 2 heterocycles. The Labute approximate surface area is 152 Å². The molecule has 4 nitrogen and oxygen atoms in total. The van der Waals surface area contributed by atoms with Gasteiger partial charge in [-0.1, -0.05) is 30.3 Å². The summed E-state index contributed by atoms with van der Waals surface area (Å²) < 4.78 is 5.82. The molecule has 4 aromatic rings. The molecule has 1 N–H and O–H groups in total. The predicted octanol–water partition coefficient (Wildman–Crippen LogP) is 5.23. The second-order valence-corrected chi connectivity index (χ2v) is 6.71. The highest BCUT2D eigenvalue weighted by Crippen LogP contribution is 2.33. The maximum atomic E-state index is 5.82. The quantitative estimate of drug-likeness (QED) is 0.554. The van der Waals surface area contributed by atoms with Crippen molar-refractivity contribution in [1.29, 1.82) is 0 Å². The van der Waals surface area contributed by atoms with Crippen LogP contribution < -0.4 is 10.2 Å². The molecular formula is C22H19N3O. The van der Waals surface area contributed by atoms with Gasteiger partial charge in [-0.2, -0.15) is 4.98 Å². The van der Waals surface area contributed by atoms with Crippen LogP contribution in [0.2, 0.25) is 0 Å². The summed E-state index contributed by atoms with van der Waals surface area (Å²) in [5.41, 5.74) is 7.74. The van der Waals surface area contributed by atoms with E-state index in [-0.39, 0.29) is 0 Å². The van der Waals surface area contributed by atoms with Crippen molar-refractivity contribution >= 4 is 28.5 Å². The van der Waals surface area contributed by atoms with E-state index in [2.05, 4.69) is 52.6 Å². The predicted molar refractivity (Wildman–Crippen MR) is 106 cm³/mol. The fourth-order valence-electron chi connectivity index (χ4n) is 3.55. The molecule has 0 bridgehead atoms. The van der Waals surface area contributed by atoms with Gasteiger partial charge in [0.2, 0.25) is 0 Å². The van der Waals surface area contributed by atoms with Gasteiger partial charge >= 0.3 is 0 Å². The summed E-state index contributed by atoms with van der Waals surface area (Å²) in [6.07, 6.45) is 1.11. The van der Waals surface area contributed by atoms with E-state index in [0.29, 0.717) is 6.01 Å². The number of benzene rings is 3. The highest BCUT2D eigenvalue weighted by atomic mass is 16.4. The van der Waals surface area contributed by atoms with Crippen LogP contribution in [-0.4, -0.2) is 18.6 Å². The average Bonchev–Trinajstić information content (AvgIpc) is 3.24. The van der Waals surface area contributed by atoms with Gasteiger partial charge in [-0.15, -0.1) is 0 Å². The Bertz CT molecular complexity index is 1090. The summed E-state index contributed by atoms with van der Waals surface area (Å²) in [6, 6.07) is 23.3. The molecule has 0 saturated carbocycles. The van der Waals surface area contributed by atoms with E-state index < -0.39 is 0 Å². The summed E-state index contributed by atoms with van der Waals surface area (Å²) in [6.45, 7) is 1.09. The lowest BCUT2D eigenvalue weighted by atomic mass is 10.0. The van der Waals surface area contributed by atoms with Crippen molar-refractivity contribution in [2.45, 2.75) is 6.42 Å². The summed E-state index contributed by atoms with van der Waals surface area (Å²) in [4.78, 5) is 6.90. The number of hydrogen-bond donors (Lipinski definition) is 1. The Balaban J connectivity index is 1.48. The normalized spacial score (nSPS) is 13.2. The molecule has 5 rings (SSSR count). The number of nitrogens with zero attached hydrogens (tertiary/aromatic N) is 2. The Morgan fingerprint density at radius 1 is 0.962 bits per heavy atom. The zero-order valence-electron chi connectivity index (χ0n) is 14.6. The second kappa shape index (κ2) is 5.92. The van der Waals surface area contributed by atoms with Crippen molar-refractivity contribution < 1.29 is 4.42 Å². The van der Waals surface area contributed by atoms with E-state index in [4.69, 9.17) is 4.42 Å². The van der Waals surface area contributed by atoms with Crippen LogP contribution in [0.15, 0.2) is 71.1 Å². The van der Waals surface area contributed by atoms with Crippen LogP contribution in [0.1, 0.15) is 5.56 Å². The average molecular weight is 341 g/mol. The maximum Gasteiger partial charge on any atom is 0.300 e. The molecule has 26 heavy (non-hydrogen) atoms. The summed E-state index contributed by atoms with van der Waals surface area (Å²) in [5.74, 6) is 0. The molecule has 3 aromatic carbocycles. The number of para-hydroxylation sites is 1. The fraction of sp³-hybridized carbons (Fsp3) is 0.136. The topological polar surface area (TPSA) is 41.3 Å². The molecule has 1 aliphatic rings. The second-order valence-electron chi connectivity index (χ2n) is 6.71. The number of hydrogen-bond acceptors (Lipinski definition) is 4. The van der Waals surface area contributed by atoms with Crippen LogP contribution in [0.5, 0.6) is 0 Å². The van der Waals surface area contributed by atoms with Gasteiger partial charge in [0.05, 0.1) is 0 Å². The molecule has 0 radical (unpaired) electrons. The van der Waals surface area contributed by atoms with E-state index >= 15 is 0 Å². The van der Waals surface area contributed by atoms with Crippen LogP contribution in [0.25, 0.3) is 22.2 Å². The smallest absolute Gasteiger partial charge is 0.300 e. The molecule has 0 fully saturated rings. The maximum absolute atomic E-state index is 5.82. The first-order chi connectivity index (χ1) is 12.8. The summed E-state index contributed by atoms with van der Waals surface area (Å²) in [7, 11) is 2.15. The molecule has 0 aliphatic carbocycles. The number of oxazole rings is 1. The highest BCUT2D eigenvalue weighted by molar-refractivity contribution is 5.82. The minimum atomic E-state index is 0.513.